The summed E-state index contributed by atoms with van der Waals surface area (Å²) in [5.74, 6) is -1.01. The van der Waals surface area contributed by atoms with Gasteiger partial charge in [0.05, 0.1) is 17.2 Å². The minimum absolute atomic E-state index is 0.160. The van der Waals surface area contributed by atoms with Gasteiger partial charge in [0, 0.05) is 5.56 Å². The molecular weight excluding hydrogens is 239 g/mol. The number of carbonyl (C=O) groups excluding carboxylic acids is 2. The number of Topliss-reactive ketones (excluding diaryl/α,β-unsaturated/α-hetero) is 1. The standard InChI is InChI=1S/C10H8Cl2O3/c1-15-9(14)5-8(13)6-3-2-4-7(11)10(6)12/h2-4H,5H2,1H3. The molecule has 80 valence electrons. The lowest BCUT2D eigenvalue weighted by molar-refractivity contribution is -0.139. The SMILES string of the molecule is COC(=O)CC(=O)c1cccc(Cl)c1Cl. The number of benzene rings is 1. The maximum Gasteiger partial charge on any atom is 0.313 e. The average Bonchev–Trinajstić information content (AvgIpc) is 2.21. The summed E-state index contributed by atoms with van der Waals surface area (Å²) in [5, 5.41) is 0.445. The van der Waals surface area contributed by atoms with Crippen molar-refractivity contribution in [2.75, 3.05) is 7.11 Å². The molecule has 0 bridgehead atoms. The summed E-state index contributed by atoms with van der Waals surface area (Å²) in [5.41, 5.74) is 0.231. The maximum atomic E-state index is 11.5. The Balaban J connectivity index is 2.92. The van der Waals surface area contributed by atoms with Gasteiger partial charge in [0.1, 0.15) is 6.42 Å². The molecule has 0 unspecified atom stereocenters. The lowest BCUT2D eigenvalue weighted by atomic mass is 10.1. The first kappa shape index (κ1) is 12.0. The van der Waals surface area contributed by atoms with Gasteiger partial charge in [-0.25, -0.2) is 0 Å². The lowest BCUT2D eigenvalue weighted by Crippen LogP contribution is -2.09. The van der Waals surface area contributed by atoms with Crippen LogP contribution in [0.3, 0.4) is 0 Å². The molecular formula is C10H8Cl2O3. The summed E-state index contributed by atoms with van der Waals surface area (Å²) in [6.07, 6.45) is -0.337. The molecule has 0 aliphatic heterocycles. The smallest absolute Gasteiger partial charge is 0.313 e. The fourth-order valence-corrected chi connectivity index (χ4v) is 1.42. The van der Waals surface area contributed by atoms with E-state index in [1.54, 1.807) is 12.1 Å². The van der Waals surface area contributed by atoms with Crippen LogP contribution in [0.15, 0.2) is 18.2 Å². The van der Waals surface area contributed by atoms with Crippen LogP contribution in [0.5, 0.6) is 0 Å². The zero-order chi connectivity index (χ0) is 11.4. The van der Waals surface area contributed by atoms with Crippen molar-refractivity contribution in [3.8, 4) is 0 Å². The van der Waals surface area contributed by atoms with Crippen LogP contribution in [0, 0.1) is 0 Å². The lowest BCUT2D eigenvalue weighted by Gasteiger charge is -2.03. The molecule has 0 radical (unpaired) electrons. The van der Waals surface area contributed by atoms with E-state index in [0.29, 0.717) is 0 Å². The first-order valence-corrected chi connectivity index (χ1v) is 4.86. The van der Waals surface area contributed by atoms with E-state index in [1.165, 1.54) is 13.2 Å². The Morgan fingerprint density at radius 2 is 2.00 bits per heavy atom. The largest absolute Gasteiger partial charge is 0.469 e. The van der Waals surface area contributed by atoms with E-state index in [9.17, 15) is 9.59 Å². The summed E-state index contributed by atoms with van der Waals surface area (Å²) in [6.45, 7) is 0. The molecule has 1 rings (SSSR count). The summed E-state index contributed by atoms with van der Waals surface area (Å²) in [7, 11) is 1.22. The van der Waals surface area contributed by atoms with Crippen molar-refractivity contribution in [1.29, 1.82) is 0 Å². The minimum Gasteiger partial charge on any atom is -0.469 e. The molecule has 1 aromatic carbocycles. The van der Waals surface area contributed by atoms with Crippen molar-refractivity contribution in [1.82, 2.24) is 0 Å². The highest BCUT2D eigenvalue weighted by molar-refractivity contribution is 6.44. The highest BCUT2D eigenvalue weighted by Gasteiger charge is 2.16. The Hall–Kier alpha value is -1.06. The van der Waals surface area contributed by atoms with Crippen molar-refractivity contribution >= 4 is 35.0 Å². The second-order valence-electron chi connectivity index (χ2n) is 2.78. The van der Waals surface area contributed by atoms with Gasteiger partial charge in [-0.15, -0.1) is 0 Å². The van der Waals surface area contributed by atoms with Gasteiger partial charge in [0.25, 0.3) is 0 Å². The van der Waals surface area contributed by atoms with E-state index < -0.39 is 11.8 Å². The van der Waals surface area contributed by atoms with Crippen molar-refractivity contribution < 1.29 is 14.3 Å². The molecule has 0 aliphatic carbocycles. The zero-order valence-corrected chi connectivity index (χ0v) is 9.43. The third kappa shape index (κ3) is 2.94. The second kappa shape index (κ2) is 5.14. The van der Waals surface area contributed by atoms with Gasteiger partial charge in [0.2, 0.25) is 0 Å². The van der Waals surface area contributed by atoms with Crippen LogP contribution in [0.4, 0.5) is 0 Å². The molecule has 0 saturated carbocycles. The quantitative estimate of drug-likeness (QED) is 0.468. The highest BCUT2D eigenvalue weighted by atomic mass is 35.5. The predicted molar refractivity (Wildman–Crippen MR) is 57.4 cm³/mol. The van der Waals surface area contributed by atoms with E-state index in [1.807, 2.05) is 0 Å². The molecule has 0 saturated heterocycles. The van der Waals surface area contributed by atoms with Gasteiger partial charge < -0.3 is 4.74 Å². The van der Waals surface area contributed by atoms with E-state index in [0.717, 1.165) is 0 Å². The fourth-order valence-electron chi connectivity index (χ4n) is 1.02. The monoisotopic (exact) mass is 246 g/mol. The molecule has 0 atom stereocenters. The number of halogens is 2. The highest BCUT2D eigenvalue weighted by Crippen LogP contribution is 2.26. The number of rotatable bonds is 3. The van der Waals surface area contributed by atoms with Gasteiger partial charge in [-0.1, -0.05) is 29.3 Å². The van der Waals surface area contributed by atoms with Crippen LogP contribution in [0.25, 0.3) is 0 Å². The van der Waals surface area contributed by atoms with Gasteiger partial charge in [-0.2, -0.15) is 0 Å². The number of hydrogen-bond donors (Lipinski definition) is 0. The molecule has 0 fully saturated rings. The molecule has 0 aromatic heterocycles. The predicted octanol–water partition coefficient (Wildman–Crippen LogP) is 2.74. The van der Waals surface area contributed by atoms with Crippen molar-refractivity contribution in [2.24, 2.45) is 0 Å². The van der Waals surface area contributed by atoms with Crippen molar-refractivity contribution in [2.45, 2.75) is 6.42 Å². The Morgan fingerprint density at radius 1 is 1.33 bits per heavy atom. The minimum atomic E-state index is -0.601. The summed E-state index contributed by atoms with van der Waals surface area (Å²) < 4.78 is 4.38. The molecule has 0 aliphatic rings. The summed E-state index contributed by atoms with van der Waals surface area (Å²) >= 11 is 11.5. The van der Waals surface area contributed by atoms with Gasteiger partial charge in [0.15, 0.2) is 5.78 Å². The molecule has 0 N–H and O–H groups in total. The van der Waals surface area contributed by atoms with Gasteiger partial charge in [-0.05, 0) is 12.1 Å². The Morgan fingerprint density at radius 3 is 2.60 bits per heavy atom. The van der Waals surface area contributed by atoms with E-state index in [2.05, 4.69) is 4.74 Å². The number of ether oxygens (including phenoxy) is 1. The van der Waals surface area contributed by atoms with Crippen LogP contribution in [0.2, 0.25) is 10.0 Å². The van der Waals surface area contributed by atoms with Gasteiger partial charge >= 0.3 is 5.97 Å². The molecule has 1 aromatic rings. The molecule has 0 amide bonds. The number of carbonyl (C=O) groups is 2. The third-order valence-electron chi connectivity index (χ3n) is 1.78. The van der Waals surface area contributed by atoms with Crippen LogP contribution in [-0.4, -0.2) is 18.9 Å². The summed E-state index contributed by atoms with van der Waals surface area (Å²) in [6, 6.07) is 4.68. The third-order valence-corrected chi connectivity index (χ3v) is 2.60. The molecule has 5 heteroatoms. The fraction of sp³-hybridized carbons (Fsp3) is 0.200. The van der Waals surface area contributed by atoms with Crippen LogP contribution < -0.4 is 0 Å². The Labute approximate surface area is 96.9 Å². The Kier molecular flexibility index (Phi) is 4.12. The van der Waals surface area contributed by atoms with Crippen molar-refractivity contribution in [3.05, 3.63) is 33.8 Å². The van der Waals surface area contributed by atoms with E-state index >= 15 is 0 Å². The number of ketones is 1. The topological polar surface area (TPSA) is 43.4 Å². The molecule has 3 nitrogen and oxygen atoms in total. The van der Waals surface area contributed by atoms with Crippen molar-refractivity contribution in [3.63, 3.8) is 0 Å². The molecule has 15 heavy (non-hydrogen) atoms. The molecule has 0 spiro atoms. The van der Waals surface area contributed by atoms with E-state index in [4.69, 9.17) is 23.2 Å². The first-order valence-electron chi connectivity index (χ1n) is 4.10. The first-order chi connectivity index (χ1) is 7.06. The van der Waals surface area contributed by atoms with Crippen LogP contribution in [0.1, 0.15) is 16.8 Å². The maximum absolute atomic E-state index is 11.5. The number of hydrogen-bond acceptors (Lipinski definition) is 3. The van der Waals surface area contributed by atoms with Crippen LogP contribution in [-0.2, 0) is 9.53 Å². The second-order valence-corrected chi connectivity index (χ2v) is 3.56. The van der Waals surface area contributed by atoms with Gasteiger partial charge in [-0.3, -0.25) is 9.59 Å². The molecule has 0 heterocycles. The normalized spacial score (nSPS) is 9.80. The number of methoxy groups -OCH3 is 1. The van der Waals surface area contributed by atoms with E-state index in [-0.39, 0.29) is 22.0 Å². The Bertz CT molecular complexity index is 402. The summed E-state index contributed by atoms with van der Waals surface area (Å²) in [4.78, 5) is 22.4. The average molecular weight is 247 g/mol. The number of esters is 1. The van der Waals surface area contributed by atoms with Crippen LogP contribution >= 0.6 is 23.2 Å². The zero-order valence-electron chi connectivity index (χ0n) is 7.92.